The summed E-state index contributed by atoms with van der Waals surface area (Å²) in [5, 5.41) is 18.4. The van der Waals surface area contributed by atoms with Gasteiger partial charge in [0.15, 0.2) is 0 Å². The monoisotopic (exact) mass is 831 g/mol. The van der Waals surface area contributed by atoms with Crippen LogP contribution in [0.5, 0.6) is 0 Å². The van der Waals surface area contributed by atoms with E-state index in [0.29, 0.717) is 6.61 Å². The van der Waals surface area contributed by atoms with E-state index in [1.807, 2.05) is 0 Å². The zero-order valence-corrected chi connectivity index (χ0v) is 38.0. The molecule has 3 atom stereocenters. The summed E-state index contributed by atoms with van der Waals surface area (Å²) in [6, 6.07) is 0. The molecule has 0 aromatic heterocycles. The molecule has 0 aromatic carbocycles. The number of hydrogen-bond acceptors (Lipinski definition) is 8. The van der Waals surface area contributed by atoms with Gasteiger partial charge in [0.2, 0.25) is 0 Å². The summed E-state index contributed by atoms with van der Waals surface area (Å²) < 4.78 is 33.4. The van der Waals surface area contributed by atoms with Crippen molar-refractivity contribution >= 4 is 13.8 Å². The Morgan fingerprint density at radius 1 is 0.526 bits per heavy atom. The van der Waals surface area contributed by atoms with E-state index in [1.165, 1.54) is 161 Å². The van der Waals surface area contributed by atoms with Gasteiger partial charge < -0.3 is 24.6 Å². The van der Waals surface area contributed by atoms with E-state index in [9.17, 15) is 19.4 Å². The summed E-state index contributed by atoms with van der Waals surface area (Å²) in [5.74, 6) is -0.384. The Balaban J connectivity index is 4.09. The zero-order valence-electron chi connectivity index (χ0n) is 37.1. The van der Waals surface area contributed by atoms with Crippen molar-refractivity contribution in [2.45, 2.75) is 238 Å². The summed E-state index contributed by atoms with van der Waals surface area (Å²) >= 11 is 0. The number of phosphoric acid groups is 1. The predicted molar refractivity (Wildman–Crippen MR) is 238 cm³/mol. The van der Waals surface area contributed by atoms with E-state index in [2.05, 4.69) is 38.2 Å². The average molecular weight is 831 g/mol. The van der Waals surface area contributed by atoms with Crippen molar-refractivity contribution in [2.75, 3.05) is 33.0 Å². The number of hydrogen-bond donors (Lipinski definition) is 3. The first-order chi connectivity index (χ1) is 27.8. The maximum Gasteiger partial charge on any atom is 0.472 e. The van der Waals surface area contributed by atoms with Crippen molar-refractivity contribution in [3.63, 3.8) is 0 Å². The van der Waals surface area contributed by atoms with Crippen molar-refractivity contribution in [1.29, 1.82) is 0 Å². The molecule has 0 aliphatic rings. The Bertz CT molecular complexity index is 944. The highest BCUT2D eigenvalue weighted by atomic mass is 31.2. The van der Waals surface area contributed by atoms with Crippen LogP contribution >= 0.6 is 7.82 Å². The molecule has 0 aliphatic carbocycles. The average Bonchev–Trinajstić information content (AvgIpc) is 3.20. The normalized spacial score (nSPS) is 14.1. The summed E-state index contributed by atoms with van der Waals surface area (Å²) in [7, 11) is -4.52. The van der Waals surface area contributed by atoms with Crippen LogP contribution < -0.4 is 0 Å². The highest BCUT2D eigenvalue weighted by Gasteiger charge is 2.26. The van der Waals surface area contributed by atoms with Crippen LogP contribution in [0.25, 0.3) is 0 Å². The number of aliphatic hydroxyl groups is 2. The van der Waals surface area contributed by atoms with Gasteiger partial charge in [-0.3, -0.25) is 13.8 Å². The zero-order chi connectivity index (χ0) is 41.8. The first-order valence-electron chi connectivity index (χ1n) is 23.8. The number of esters is 1. The molecular formula is C47H91O9P. The largest absolute Gasteiger partial charge is 0.472 e. The van der Waals surface area contributed by atoms with Gasteiger partial charge in [-0.15, -0.1) is 0 Å². The molecule has 0 spiro atoms. The Labute approximate surface area is 351 Å². The molecule has 0 aromatic rings. The number of ether oxygens (including phenoxy) is 2. The molecule has 3 N–H and O–H groups in total. The Kier molecular flexibility index (Phi) is 43.7. The fraction of sp³-hybridized carbons (Fsp3) is 0.894. The molecule has 0 amide bonds. The van der Waals surface area contributed by atoms with Crippen LogP contribution in [0, 0.1) is 0 Å². The third-order valence-corrected chi connectivity index (χ3v) is 11.3. The lowest BCUT2D eigenvalue weighted by atomic mass is 10.1. The third-order valence-electron chi connectivity index (χ3n) is 10.4. The lowest BCUT2D eigenvalue weighted by Gasteiger charge is -2.20. The lowest BCUT2D eigenvalue weighted by Crippen LogP contribution is -2.29. The van der Waals surface area contributed by atoms with Crippen LogP contribution in [0.2, 0.25) is 0 Å². The van der Waals surface area contributed by atoms with Crippen molar-refractivity contribution in [3.05, 3.63) is 24.3 Å². The molecular weight excluding hydrogens is 739 g/mol. The number of unbranched alkanes of at least 4 members (excludes halogenated alkanes) is 28. The summed E-state index contributed by atoms with van der Waals surface area (Å²) in [4.78, 5) is 22.6. The van der Waals surface area contributed by atoms with Gasteiger partial charge in [0.1, 0.15) is 12.2 Å². The molecule has 338 valence electrons. The summed E-state index contributed by atoms with van der Waals surface area (Å²) in [6.45, 7) is 3.53. The number of rotatable bonds is 46. The number of aliphatic hydroxyl groups excluding tert-OH is 2. The van der Waals surface area contributed by atoms with Gasteiger partial charge in [-0.1, -0.05) is 179 Å². The number of carbonyl (C=O) groups excluding carboxylic acids is 1. The van der Waals surface area contributed by atoms with Crippen LogP contribution in [0.1, 0.15) is 226 Å². The van der Waals surface area contributed by atoms with Crippen molar-refractivity contribution in [2.24, 2.45) is 0 Å². The second-order valence-corrected chi connectivity index (χ2v) is 17.6. The molecule has 0 aliphatic heterocycles. The maximum absolute atomic E-state index is 12.6. The van der Waals surface area contributed by atoms with Crippen LogP contribution in [-0.2, 0) is 27.9 Å². The molecule has 0 heterocycles. The summed E-state index contributed by atoms with van der Waals surface area (Å²) in [5.41, 5.74) is 0. The van der Waals surface area contributed by atoms with Gasteiger partial charge >= 0.3 is 13.8 Å². The quantitative estimate of drug-likeness (QED) is 0.0237. The van der Waals surface area contributed by atoms with Gasteiger partial charge in [0.25, 0.3) is 0 Å². The van der Waals surface area contributed by atoms with E-state index in [1.54, 1.807) is 0 Å². The van der Waals surface area contributed by atoms with Gasteiger partial charge in [-0.05, 0) is 64.2 Å². The van der Waals surface area contributed by atoms with E-state index in [-0.39, 0.29) is 25.6 Å². The highest BCUT2D eigenvalue weighted by molar-refractivity contribution is 7.47. The smallest absolute Gasteiger partial charge is 0.457 e. The lowest BCUT2D eigenvalue weighted by molar-refractivity contribution is -0.154. The van der Waals surface area contributed by atoms with Gasteiger partial charge in [0.05, 0.1) is 26.4 Å². The van der Waals surface area contributed by atoms with E-state index in [4.69, 9.17) is 23.6 Å². The van der Waals surface area contributed by atoms with Gasteiger partial charge in [-0.25, -0.2) is 4.57 Å². The molecule has 0 bridgehead atoms. The van der Waals surface area contributed by atoms with Crippen LogP contribution in [0.15, 0.2) is 24.3 Å². The second-order valence-electron chi connectivity index (χ2n) is 16.1. The Morgan fingerprint density at radius 3 is 1.32 bits per heavy atom. The van der Waals surface area contributed by atoms with Crippen molar-refractivity contribution in [3.8, 4) is 0 Å². The Hall–Kier alpha value is -1.06. The molecule has 10 heteroatoms. The first-order valence-corrected chi connectivity index (χ1v) is 25.3. The van der Waals surface area contributed by atoms with Crippen LogP contribution in [0.3, 0.4) is 0 Å². The minimum Gasteiger partial charge on any atom is -0.457 e. The van der Waals surface area contributed by atoms with Crippen LogP contribution in [0.4, 0.5) is 0 Å². The fourth-order valence-electron chi connectivity index (χ4n) is 6.70. The minimum absolute atomic E-state index is 0.0472. The molecule has 9 nitrogen and oxygen atoms in total. The number of allylic oxidation sites excluding steroid dienone is 4. The Morgan fingerprint density at radius 2 is 0.895 bits per heavy atom. The van der Waals surface area contributed by atoms with Crippen molar-refractivity contribution in [1.82, 2.24) is 0 Å². The maximum atomic E-state index is 12.6. The van der Waals surface area contributed by atoms with Gasteiger partial charge in [-0.2, -0.15) is 0 Å². The topological polar surface area (TPSA) is 132 Å². The number of phosphoric ester groups is 1. The van der Waals surface area contributed by atoms with E-state index >= 15 is 0 Å². The fourth-order valence-corrected chi connectivity index (χ4v) is 7.49. The first kappa shape index (κ1) is 55.9. The molecule has 0 saturated heterocycles. The van der Waals surface area contributed by atoms with E-state index in [0.717, 1.165) is 44.9 Å². The molecule has 0 saturated carbocycles. The minimum atomic E-state index is -4.52. The molecule has 0 rings (SSSR count). The second kappa shape index (κ2) is 44.5. The molecule has 3 unspecified atom stereocenters. The summed E-state index contributed by atoms with van der Waals surface area (Å²) in [6.07, 6.45) is 47.1. The number of carbonyl (C=O) groups is 1. The molecule has 0 radical (unpaired) electrons. The SMILES string of the molecule is CCCCCCC/C=C\CCCCCCCCOCC(COP(=O)(O)OCC(O)CO)OC(=O)CCCCCCCCCCC/C=C\CCCCCCCCCC. The van der Waals surface area contributed by atoms with Crippen molar-refractivity contribution < 1.29 is 43.0 Å². The third kappa shape index (κ3) is 44.3. The molecule has 0 fully saturated rings. The van der Waals surface area contributed by atoms with E-state index < -0.39 is 33.2 Å². The predicted octanol–water partition coefficient (Wildman–Crippen LogP) is 13.4. The highest BCUT2D eigenvalue weighted by Crippen LogP contribution is 2.43. The standard InChI is InChI=1S/C47H91O9P/c1-3-5-7-9-11-13-15-17-19-20-21-22-23-24-25-27-29-31-33-35-37-39-47(50)56-46(44-55-57(51,52)54-42-45(49)41-48)43-53-40-38-36-34-32-30-28-26-18-16-14-12-10-8-6-4-2/h16,18,20-21,45-46,48-49H,3-15,17,19,22-44H2,1-2H3,(H,51,52)/b18-16-,21-20-. The van der Waals surface area contributed by atoms with Crippen LogP contribution in [-0.4, -0.2) is 66.3 Å². The molecule has 57 heavy (non-hydrogen) atoms. The van der Waals surface area contributed by atoms with Gasteiger partial charge in [0, 0.05) is 13.0 Å².